The van der Waals surface area contributed by atoms with E-state index in [-0.39, 0.29) is 11.0 Å². The minimum Gasteiger partial charge on any atom is -0.236 e. The third-order valence-electron chi connectivity index (χ3n) is 2.23. The van der Waals surface area contributed by atoms with Gasteiger partial charge in [-0.05, 0) is 23.7 Å². The Morgan fingerprint density at radius 2 is 2.05 bits per heavy atom. The molecule has 1 aromatic carbocycles. The summed E-state index contributed by atoms with van der Waals surface area (Å²) in [6, 6.07) is 2.36. The SMILES string of the molecule is [N-]=[N+]=NS(=O)(=O)n1cnc2cc(C(F)(F)F)ccc21. The Kier molecular flexibility index (Phi) is 2.87. The van der Waals surface area contributed by atoms with Gasteiger partial charge in [-0.25, -0.2) is 8.96 Å². The number of halogens is 3. The highest BCUT2D eigenvalue weighted by Gasteiger charge is 2.31. The fraction of sp³-hybridized carbons (Fsp3) is 0.125. The van der Waals surface area contributed by atoms with Gasteiger partial charge in [0.1, 0.15) is 6.33 Å². The van der Waals surface area contributed by atoms with E-state index in [1.54, 1.807) is 0 Å². The summed E-state index contributed by atoms with van der Waals surface area (Å²) in [7, 11) is -4.36. The van der Waals surface area contributed by atoms with Crippen LogP contribution in [0.3, 0.4) is 0 Å². The first-order valence-electron chi connectivity index (χ1n) is 4.62. The number of nitrogens with zero attached hydrogens (tertiary/aromatic N) is 5. The lowest BCUT2D eigenvalue weighted by Crippen LogP contribution is -2.07. The van der Waals surface area contributed by atoms with Crippen molar-refractivity contribution in [2.75, 3.05) is 0 Å². The third-order valence-corrected chi connectivity index (χ3v) is 3.30. The molecule has 0 aliphatic heterocycles. The number of fused-ring (bicyclic) bond motifs is 1. The summed E-state index contributed by atoms with van der Waals surface area (Å²) >= 11 is 0. The average molecular weight is 291 g/mol. The van der Waals surface area contributed by atoms with Gasteiger partial charge in [0.2, 0.25) is 0 Å². The maximum absolute atomic E-state index is 12.5. The van der Waals surface area contributed by atoms with Crippen LogP contribution in [-0.4, -0.2) is 17.4 Å². The summed E-state index contributed by atoms with van der Waals surface area (Å²) in [5.74, 6) is 0. The molecule has 0 N–H and O–H groups in total. The second-order valence-corrected chi connectivity index (χ2v) is 4.84. The lowest BCUT2D eigenvalue weighted by molar-refractivity contribution is -0.137. The van der Waals surface area contributed by atoms with Crippen molar-refractivity contribution >= 4 is 21.2 Å². The van der Waals surface area contributed by atoms with Gasteiger partial charge in [0.15, 0.2) is 0 Å². The van der Waals surface area contributed by atoms with E-state index in [1.165, 1.54) is 0 Å². The molecular formula is C8H4F3N5O2S. The summed E-state index contributed by atoms with van der Waals surface area (Å²) in [4.78, 5) is 5.68. The molecule has 0 bridgehead atoms. The summed E-state index contributed by atoms with van der Waals surface area (Å²) in [6.45, 7) is 0. The molecule has 0 saturated heterocycles. The van der Waals surface area contributed by atoms with Crippen LogP contribution in [0.2, 0.25) is 0 Å². The second-order valence-electron chi connectivity index (χ2n) is 3.39. The zero-order valence-corrected chi connectivity index (χ0v) is 9.72. The topological polar surface area (TPSA) is 101 Å². The maximum Gasteiger partial charge on any atom is 0.416 e. The van der Waals surface area contributed by atoms with Crippen LogP contribution in [0, 0.1) is 0 Å². The van der Waals surface area contributed by atoms with Gasteiger partial charge >= 0.3 is 16.4 Å². The predicted octanol–water partition coefficient (Wildman–Crippen LogP) is 2.46. The highest BCUT2D eigenvalue weighted by Crippen LogP contribution is 2.31. The summed E-state index contributed by atoms with van der Waals surface area (Å²) in [5.41, 5.74) is 6.88. The number of azide groups is 1. The molecule has 7 nitrogen and oxygen atoms in total. The van der Waals surface area contributed by atoms with Crippen molar-refractivity contribution in [2.24, 2.45) is 4.52 Å². The molecule has 11 heteroatoms. The number of aromatic nitrogens is 2. The van der Waals surface area contributed by atoms with Crippen LogP contribution in [0.15, 0.2) is 29.0 Å². The first-order valence-corrected chi connectivity index (χ1v) is 6.01. The first-order chi connectivity index (χ1) is 8.75. The van der Waals surface area contributed by atoms with Crippen molar-refractivity contribution in [2.45, 2.75) is 6.18 Å². The van der Waals surface area contributed by atoms with E-state index in [1.807, 2.05) is 0 Å². The zero-order chi connectivity index (χ0) is 14.3. The van der Waals surface area contributed by atoms with Crippen molar-refractivity contribution in [3.05, 3.63) is 40.5 Å². The van der Waals surface area contributed by atoms with Gasteiger partial charge in [-0.1, -0.05) is 0 Å². The Bertz CT molecular complexity index is 788. The minimum atomic E-state index is -4.55. The highest BCUT2D eigenvalue weighted by atomic mass is 32.2. The molecule has 0 radical (unpaired) electrons. The standard InChI is InChI=1S/C8H4F3N5O2S/c9-8(10,11)5-1-2-7-6(3-5)13-4-16(7)19(17,18)15-14-12/h1-4H. The highest BCUT2D eigenvalue weighted by molar-refractivity contribution is 7.88. The van der Waals surface area contributed by atoms with Gasteiger partial charge in [-0.3, -0.25) is 0 Å². The van der Waals surface area contributed by atoms with Crippen molar-refractivity contribution in [1.82, 2.24) is 8.96 Å². The van der Waals surface area contributed by atoms with Crippen LogP contribution in [-0.2, 0) is 16.4 Å². The van der Waals surface area contributed by atoms with Crippen LogP contribution >= 0.6 is 0 Å². The number of benzene rings is 1. The number of imidazole rings is 1. The second kappa shape index (κ2) is 4.14. The lowest BCUT2D eigenvalue weighted by Gasteiger charge is -2.06. The van der Waals surface area contributed by atoms with Crippen molar-refractivity contribution < 1.29 is 21.6 Å². The van der Waals surface area contributed by atoms with Gasteiger partial charge in [0.05, 0.1) is 21.1 Å². The Morgan fingerprint density at radius 1 is 1.37 bits per heavy atom. The number of alkyl halides is 3. The number of hydrogen-bond acceptors (Lipinski definition) is 3. The fourth-order valence-corrected chi connectivity index (χ4v) is 2.18. The van der Waals surface area contributed by atoms with Crippen molar-refractivity contribution in [1.29, 1.82) is 0 Å². The molecule has 0 amide bonds. The molecule has 0 fully saturated rings. The molecule has 100 valence electrons. The zero-order valence-electron chi connectivity index (χ0n) is 8.90. The van der Waals surface area contributed by atoms with Crippen LogP contribution in [0.5, 0.6) is 0 Å². The Balaban J connectivity index is 2.68. The fourth-order valence-electron chi connectivity index (χ4n) is 1.44. The quantitative estimate of drug-likeness (QED) is 0.482. The van der Waals surface area contributed by atoms with Crippen molar-refractivity contribution in [3.63, 3.8) is 0 Å². The van der Waals surface area contributed by atoms with E-state index in [9.17, 15) is 21.6 Å². The summed E-state index contributed by atoms with van der Waals surface area (Å²) < 4.78 is 63.4. The molecule has 0 aliphatic rings. The van der Waals surface area contributed by atoms with Gasteiger partial charge in [-0.2, -0.15) is 21.6 Å². The van der Waals surface area contributed by atoms with Gasteiger partial charge in [-0.15, -0.1) is 0 Å². The van der Waals surface area contributed by atoms with E-state index >= 15 is 0 Å². The molecule has 0 saturated carbocycles. The molecule has 0 aliphatic carbocycles. The molecule has 2 rings (SSSR count). The van der Waals surface area contributed by atoms with Gasteiger partial charge in [0.25, 0.3) is 0 Å². The van der Waals surface area contributed by atoms with E-state index < -0.39 is 21.9 Å². The van der Waals surface area contributed by atoms with Crippen LogP contribution in [0.4, 0.5) is 13.2 Å². The van der Waals surface area contributed by atoms with E-state index in [0.717, 1.165) is 12.4 Å². The molecule has 0 spiro atoms. The monoisotopic (exact) mass is 291 g/mol. The normalized spacial score (nSPS) is 12.4. The molecular weight excluding hydrogens is 287 g/mol. The Hall–Kier alpha value is -2.26. The minimum absolute atomic E-state index is 0.111. The summed E-state index contributed by atoms with van der Waals surface area (Å²) in [6.07, 6.45) is -3.78. The van der Waals surface area contributed by atoms with Gasteiger partial charge in [0, 0.05) is 4.91 Å². The number of rotatable bonds is 2. The molecule has 0 unspecified atom stereocenters. The summed E-state index contributed by atoms with van der Waals surface area (Å²) in [5, 5.41) is 0. The van der Waals surface area contributed by atoms with E-state index in [2.05, 4.69) is 14.4 Å². The van der Waals surface area contributed by atoms with E-state index in [4.69, 9.17) is 5.53 Å². The Morgan fingerprint density at radius 3 is 2.63 bits per heavy atom. The molecule has 1 aromatic heterocycles. The Labute approximate surface area is 104 Å². The molecule has 2 aromatic rings. The van der Waals surface area contributed by atoms with Crippen molar-refractivity contribution in [3.8, 4) is 0 Å². The van der Waals surface area contributed by atoms with Crippen LogP contribution < -0.4 is 0 Å². The smallest absolute Gasteiger partial charge is 0.236 e. The maximum atomic E-state index is 12.5. The average Bonchev–Trinajstić information content (AvgIpc) is 2.70. The third kappa shape index (κ3) is 2.33. The molecule has 0 atom stereocenters. The first kappa shape index (κ1) is 13.2. The number of hydrogen-bond donors (Lipinski definition) is 0. The van der Waals surface area contributed by atoms with Gasteiger partial charge < -0.3 is 0 Å². The predicted molar refractivity (Wildman–Crippen MR) is 58.2 cm³/mol. The molecule has 19 heavy (non-hydrogen) atoms. The largest absolute Gasteiger partial charge is 0.416 e. The van der Waals surface area contributed by atoms with Crippen LogP contribution in [0.25, 0.3) is 21.5 Å². The lowest BCUT2D eigenvalue weighted by atomic mass is 10.2. The molecule has 1 heterocycles. The van der Waals surface area contributed by atoms with Crippen LogP contribution in [0.1, 0.15) is 5.56 Å². The van der Waals surface area contributed by atoms with E-state index in [0.29, 0.717) is 16.1 Å².